The van der Waals surface area contributed by atoms with Crippen molar-refractivity contribution in [3.8, 4) is 0 Å². The van der Waals surface area contributed by atoms with E-state index in [4.69, 9.17) is 14.2 Å². The number of methoxy groups -OCH3 is 3. The molecule has 0 aromatic rings. The molecule has 1 unspecified atom stereocenters. The minimum absolute atomic E-state index is 0.195. The Labute approximate surface area is 83.1 Å². The summed E-state index contributed by atoms with van der Waals surface area (Å²) in [6.45, 7) is 3.58. The van der Waals surface area contributed by atoms with Gasteiger partial charge in [0.15, 0.2) is 11.4 Å². The number of hydrogen-bond acceptors (Lipinski definition) is 4. The monoisotopic (exact) mass is 198 g/mol. The number of Topliss-reactive ketones (excluding diaryl/α,β-unsaturated/α-hetero) is 1. The first-order valence-electron chi connectivity index (χ1n) is 4.21. The van der Waals surface area contributed by atoms with Crippen molar-refractivity contribution in [1.82, 2.24) is 0 Å². The topological polar surface area (TPSA) is 44.8 Å². The normalized spacial score (nSPS) is 25.8. The van der Waals surface area contributed by atoms with Crippen LogP contribution in [0.5, 0.6) is 0 Å². The molecule has 0 fully saturated rings. The highest BCUT2D eigenvalue weighted by Gasteiger charge is 2.57. The van der Waals surface area contributed by atoms with Crippen LogP contribution in [0.15, 0.2) is 24.2 Å². The number of ketones is 1. The number of carbonyl (C=O) groups is 1. The van der Waals surface area contributed by atoms with E-state index in [1.165, 1.54) is 21.3 Å². The zero-order valence-electron chi connectivity index (χ0n) is 8.62. The van der Waals surface area contributed by atoms with Crippen LogP contribution in [-0.2, 0) is 19.0 Å². The van der Waals surface area contributed by atoms with Gasteiger partial charge in [-0.3, -0.25) is 4.79 Å². The van der Waals surface area contributed by atoms with Crippen LogP contribution in [-0.4, -0.2) is 32.7 Å². The van der Waals surface area contributed by atoms with Crippen LogP contribution in [0, 0.1) is 0 Å². The number of rotatable bonds is 5. The van der Waals surface area contributed by atoms with Crippen molar-refractivity contribution in [2.75, 3.05) is 21.3 Å². The summed E-state index contributed by atoms with van der Waals surface area (Å²) in [5, 5.41) is 0. The molecule has 0 aromatic carbocycles. The van der Waals surface area contributed by atoms with Gasteiger partial charge in [-0.2, -0.15) is 0 Å². The molecule has 0 heterocycles. The minimum Gasteiger partial charge on any atom is -0.494 e. The van der Waals surface area contributed by atoms with Crippen LogP contribution >= 0.6 is 0 Å². The molecule has 4 nitrogen and oxygen atoms in total. The van der Waals surface area contributed by atoms with Gasteiger partial charge in [-0.25, -0.2) is 0 Å². The third-order valence-electron chi connectivity index (χ3n) is 2.33. The summed E-state index contributed by atoms with van der Waals surface area (Å²) < 4.78 is 15.2. The van der Waals surface area contributed by atoms with Gasteiger partial charge in [0, 0.05) is 13.5 Å². The maximum absolute atomic E-state index is 11.7. The predicted octanol–water partition coefficient (Wildman–Crippen LogP) is 1.03. The Morgan fingerprint density at radius 3 is 2.36 bits per heavy atom. The zero-order chi connectivity index (χ0) is 10.8. The van der Waals surface area contributed by atoms with E-state index in [0.717, 1.165) is 0 Å². The fourth-order valence-electron chi connectivity index (χ4n) is 1.61. The highest BCUT2D eigenvalue weighted by atomic mass is 16.6. The van der Waals surface area contributed by atoms with Crippen LogP contribution in [0.3, 0.4) is 0 Å². The lowest BCUT2D eigenvalue weighted by molar-refractivity contribution is -0.149. The standard InChI is InChI=1S/C10H14O4/c1-5-6-10(14-4)8(11)7(12-2)9(10)13-3/h5H,1,6H2,2-4H3. The predicted molar refractivity (Wildman–Crippen MR) is 50.6 cm³/mol. The average Bonchev–Trinajstić information content (AvgIpc) is 2.21. The Hall–Kier alpha value is -1.29. The molecular formula is C10H14O4. The molecule has 1 rings (SSSR count). The SMILES string of the molecule is C=CCC1(OC)C(=O)C(OC)=C1OC. The lowest BCUT2D eigenvalue weighted by Crippen LogP contribution is -2.53. The molecule has 0 radical (unpaired) electrons. The van der Waals surface area contributed by atoms with Gasteiger partial charge >= 0.3 is 0 Å². The summed E-state index contributed by atoms with van der Waals surface area (Å²) in [5.74, 6) is 0.475. The van der Waals surface area contributed by atoms with E-state index in [1.54, 1.807) is 6.08 Å². The van der Waals surface area contributed by atoms with Crippen LogP contribution in [0.1, 0.15) is 6.42 Å². The molecule has 0 saturated heterocycles. The van der Waals surface area contributed by atoms with E-state index in [-0.39, 0.29) is 11.5 Å². The van der Waals surface area contributed by atoms with Crippen molar-refractivity contribution in [3.05, 3.63) is 24.2 Å². The zero-order valence-corrected chi connectivity index (χ0v) is 8.62. The fourth-order valence-corrected chi connectivity index (χ4v) is 1.61. The molecular weight excluding hydrogens is 184 g/mol. The largest absolute Gasteiger partial charge is 0.494 e. The van der Waals surface area contributed by atoms with Crippen molar-refractivity contribution >= 4 is 5.78 Å². The molecule has 0 bridgehead atoms. The number of hydrogen-bond donors (Lipinski definition) is 0. The van der Waals surface area contributed by atoms with E-state index >= 15 is 0 Å². The second-order valence-electron chi connectivity index (χ2n) is 2.92. The summed E-state index contributed by atoms with van der Waals surface area (Å²) in [7, 11) is 4.38. The van der Waals surface area contributed by atoms with Crippen LogP contribution in [0.25, 0.3) is 0 Å². The minimum atomic E-state index is -1.01. The Morgan fingerprint density at radius 2 is 2.00 bits per heavy atom. The van der Waals surface area contributed by atoms with Gasteiger partial charge in [0.25, 0.3) is 0 Å². The smallest absolute Gasteiger partial charge is 0.240 e. The highest BCUT2D eigenvalue weighted by molar-refractivity contribution is 6.10. The molecule has 4 heteroatoms. The average molecular weight is 198 g/mol. The molecule has 0 amide bonds. The van der Waals surface area contributed by atoms with E-state index < -0.39 is 5.60 Å². The number of carbonyl (C=O) groups excluding carboxylic acids is 1. The summed E-state index contributed by atoms with van der Waals surface area (Å²) in [4.78, 5) is 11.7. The maximum atomic E-state index is 11.7. The van der Waals surface area contributed by atoms with Gasteiger partial charge < -0.3 is 14.2 Å². The first kappa shape index (κ1) is 10.8. The van der Waals surface area contributed by atoms with Gasteiger partial charge in [0.1, 0.15) is 0 Å². The van der Waals surface area contributed by atoms with Crippen LogP contribution < -0.4 is 0 Å². The molecule has 1 aliphatic rings. The summed E-state index contributed by atoms with van der Waals surface area (Å²) in [6, 6.07) is 0. The van der Waals surface area contributed by atoms with Crippen LogP contribution in [0.4, 0.5) is 0 Å². The molecule has 78 valence electrons. The quantitative estimate of drug-likeness (QED) is 0.619. The third-order valence-corrected chi connectivity index (χ3v) is 2.33. The van der Waals surface area contributed by atoms with E-state index in [2.05, 4.69) is 6.58 Å². The van der Waals surface area contributed by atoms with Gasteiger partial charge in [-0.15, -0.1) is 6.58 Å². The molecule has 0 aliphatic heterocycles. The second kappa shape index (κ2) is 3.84. The lowest BCUT2D eigenvalue weighted by Gasteiger charge is -2.39. The third kappa shape index (κ3) is 1.14. The summed E-state index contributed by atoms with van der Waals surface area (Å²) in [5.41, 5.74) is -1.01. The first-order chi connectivity index (χ1) is 6.67. The van der Waals surface area contributed by atoms with Gasteiger partial charge in [0.05, 0.1) is 14.2 Å². The van der Waals surface area contributed by atoms with Crippen molar-refractivity contribution in [2.24, 2.45) is 0 Å². The van der Waals surface area contributed by atoms with Gasteiger partial charge in [0.2, 0.25) is 11.5 Å². The number of ether oxygens (including phenoxy) is 3. The Kier molecular flexibility index (Phi) is 2.96. The second-order valence-corrected chi connectivity index (χ2v) is 2.92. The van der Waals surface area contributed by atoms with Crippen molar-refractivity contribution < 1.29 is 19.0 Å². The molecule has 0 N–H and O–H groups in total. The molecule has 0 saturated carbocycles. The molecule has 14 heavy (non-hydrogen) atoms. The van der Waals surface area contributed by atoms with Crippen LogP contribution in [0.2, 0.25) is 0 Å². The maximum Gasteiger partial charge on any atom is 0.240 e. The summed E-state index contributed by atoms with van der Waals surface area (Å²) >= 11 is 0. The molecule has 1 atom stereocenters. The molecule has 0 spiro atoms. The highest BCUT2D eigenvalue weighted by Crippen LogP contribution is 2.41. The summed E-state index contributed by atoms with van der Waals surface area (Å²) in [6.07, 6.45) is 2.01. The lowest BCUT2D eigenvalue weighted by atomic mass is 9.80. The Bertz CT molecular complexity index is 292. The van der Waals surface area contributed by atoms with E-state index in [0.29, 0.717) is 12.2 Å². The van der Waals surface area contributed by atoms with Crippen molar-refractivity contribution in [3.63, 3.8) is 0 Å². The van der Waals surface area contributed by atoms with E-state index in [1.807, 2.05) is 0 Å². The van der Waals surface area contributed by atoms with Gasteiger partial charge in [-0.05, 0) is 0 Å². The Morgan fingerprint density at radius 1 is 1.36 bits per heavy atom. The van der Waals surface area contributed by atoms with Gasteiger partial charge in [-0.1, -0.05) is 6.08 Å². The van der Waals surface area contributed by atoms with Crippen molar-refractivity contribution in [1.29, 1.82) is 0 Å². The van der Waals surface area contributed by atoms with Crippen molar-refractivity contribution in [2.45, 2.75) is 12.0 Å². The fraction of sp³-hybridized carbons (Fsp3) is 0.500. The molecule has 1 aliphatic carbocycles. The van der Waals surface area contributed by atoms with E-state index in [9.17, 15) is 4.79 Å². The molecule has 0 aromatic heterocycles. The first-order valence-corrected chi connectivity index (χ1v) is 4.21. The Balaban J connectivity index is 3.07.